The predicted molar refractivity (Wildman–Crippen MR) is 74.5 cm³/mol. The SMILES string of the molecule is CCCCC(=O)N(c1nccs1)N1CCCCC1. The van der Waals surface area contributed by atoms with E-state index < -0.39 is 0 Å². The normalized spacial score (nSPS) is 16.7. The maximum Gasteiger partial charge on any atom is 0.243 e. The first-order chi connectivity index (χ1) is 8.83. The molecule has 0 bridgehead atoms. The summed E-state index contributed by atoms with van der Waals surface area (Å²) in [6.45, 7) is 4.05. The predicted octanol–water partition coefficient (Wildman–Crippen LogP) is 3.07. The third-order valence-electron chi connectivity index (χ3n) is 3.20. The minimum atomic E-state index is 0.189. The van der Waals surface area contributed by atoms with Gasteiger partial charge in [0.05, 0.1) is 0 Å². The molecule has 1 aromatic rings. The van der Waals surface area contributed by atoms with Crippen LogP contribution in [0.4, 0.5) is 5.13 Å². The van der Waals surface area contributed by atoms with Gasteiger partial charge in [0.25, 0.3) is 0 Å². The Hall–Kier alpha value is -0.940. The van der Waals surface area contributed by atoms with Crippen LogP contribution in [-0.2, 0) is 4.79 Å². The summed E-state index contributed by atoms with van der Waals surface area (Å²) in [7, 11) is 0. The highest BCUT2D eigenvalue weighted by Gasteiger charge is 2.25. The molecule has 0 atom stereocenters. The van der Waals surface area contributed by atoms with Crippen molar-refractivity contribution in [2.45, 2.75) is 45.4 Å². The summed E-state index contributed by atoms with van der Waals surface area (Å²) in [5.74, 6) is 0.189. The van der Waals surface area contributed by atoms with E-state index in [9.17, 15) is 4.79 Å². The van der Waals surface area contributed by atoms with Crippen LogP contribution in [0.5, 0.6) is 0 Å². The summed E-state index contributed by atoms with van der Waals surface area (Å²) in [4.78, 5) is 16.7. The highest BCUT2D eigenvalue weighted by molar-refractivity contribution is 7.13. The molecule has 1 saturated heterocycles. The topological polar surface area (TPSA) is 36.4 Å². The lowest BCUT2D eigenvalue weighted by Crippen LogP contribution is -2.49. The molecule has 0 spiro atoms. The summed E-state index contributed by atoms with van der Waals surface area (Å²) >= 11 is 1.54. The Balaban J connectivity index is 2.09. The zero-order valence-electron chi connectivity index (χ0n) is 11.0. The molecular weight excluding hydrogens is 246 g/mol. The van der Waals surface area contributed by atoms with Gasteiger partial charge < -0.3 is 0 Å². The Bertz CT molecular complexity index is 360. The zero-order chi connectivity index (χ0) is 12.8. The van der Waals surface area contributed by atoms with Crippen LogP contribution in [0.25, 0.3) is 0 Å². The fourth-order valence-corrected chi connectivity index (χ4v) is 2.90. The molecule has 0 N–H and O–H groups in total. The monoisotopic (exact) mass is 267 g/mol. The summed E-state index contributed by atoms with van der Waals surface area (Å²) < 4.78 is 0. The van der Waals surface area contributed by atoms with Gasteiger partial charge in [0.1, 0.15) is 0 Å². The number of aromatic nitrogens is 1. The molecule has 5 heteroatoms. The molecule has 0 saturated carbocycles. The van der Waals surface area contributed by atoms with Crippen molar-refractivity contribution < 1.29 is 4.79 Å². The highest BCUT2D eigenvalue weighted by atomic mass is 32.1. The van der Waals surface area contributed by atoms with Crippen molar-refractivity contribution in [3.63, 3.8) is 0 Å². The molecule has 18 heavy (non-hydrogen) atoms. The van der Waals surface area contributed by atoms with Gasteiger partial charge in [-0.3, -0.25) is 4.79 Å². The second-order valence-corrected chi connectivity index (χ2v) is 5.51. The van der Waals surface area contributed by atoms with Crippen LogP contribution < -0.4 is 5.01 Å². The maximum absolute atomic E-state index is 12.4. The van der Waals surface area contributed by atoms with E-state index in [1.807, 2.05) is 10.4 Å². The smallest absolute Gasteiger partial charge is 0.243 e. The van der Waals surface area contributed by atoms with Gasteiger partial charge in [0.15, 0.2) is 0 Å². The van der Waals surface area contributed by atoms with E-state index in [0.717, 1.165) is 31.1 Å². The number of carbonyl (C=O) groups is 1. The lowest BCUT2D eigenvalue weighted by Gasteiger charge is -2.35. The molecular formula is C13H21N3OS. The lowest BCUT2D eigenvalue weighted by molar-refractivity contribution is -0.122. The number of nitrogens with zero attached hydrogens (tertiary/aromatic N) is 3. The summed E-state index contributed by atoms with van der Waals surface area (Å²) in [6, 6.07) is 0. The molecule has 2 rings (SSSR count). The Morgan fingerprint density at radius 2 is 2.22 bits per heavy atom. The first-order valence-corrected chi connectivity index (χ1v) is 7.68. The number of thiazole rings is 1. The van der Waals surface area contributed by atoms with Crippen LogP contribution in [0.15, 0.2) is 11.6 Å². The molecule has 2 heterocycles. The minimum Gasteiger partial charge on any atom is -0.273 e. The molecule has 0 aliphatic carbocycles. The number of hydrogen-bond acceptors (Lipinski definition) is 4. The molecule has 1 aliphatic heterocycles. The number of rotatable bonds is 5. The van der Waals surface area contributed by atoms with E-state index in [1.165, 1.54) is 30.6 Å². The molecule has 0 radical (unpaired) electrons. The molecule has 0 aromatic carbocycles. The second kappa shape index (κ2) is 6.85. The molecule has 1 amide bonds. The largest absolute Gasteiger partial charge is 0.273 e. The quantitative estimate of drug-likeness (QED) is 0.822. The van der Waals surface area contributed by atoms with E-state index >= 15 is 0 Å². The van der Waals surface area contributed by atoms with Gasteiger partial charge in [0.2, 0.25) is 11.0 Å². The van der Waals surface area contributed by atoms with E-state index in [-0.39, 0.29) is 5.91 Å². The van der Waals surface area contributed by atoms with E-state index in [0.29, 0.717) is 6.42 Å². The standard InChI is InChI=1S/C13H21N3OS/c1-2-3-7-12(17)16(13-14-8-11-18-13)15-9-5-4-6-10-15/h8,11H,2-7,9-10H2,1H3. The minimum absolute atomic E-state index is 0.189. The molecule has 1 aliphatic rings. The van der Waals surface area contributed by atoms with Gasteiger partial charge in [-0.25, -0.2) is 15.0 Å². The lowest BCUT2D eigenvalue weighted by atomic mass is 10.1. The first-order valence-electron chi connectivity index (χ1n) is 6.80. The summed E-state index contributed by atoms with van der Waals surface area (Å²) in [6.07, 6.45) is 8.00. The van der Waals surface area contributed by atoms with Crippen LogP contribution in [-0.4, -0.2) is 29.0 Å². The van der Waals surface area contributed by atoms with Crippen molar-refractivity contribution in [1.29, 1.82) is 0 Å². The van der Waals surface area contributed by atoms with Crippen molar-refractivity contribution in [3.05, 3.63) is 11.6 Å². The number of anilines is 1. The second-order valence-electron chi connectivity index (χ2n) is 4.64. The molecule has 1 fully saturated rings. The fraction of sp³-hybridized carbons (Fsp3) is 0.692. The molecule has 1 aromatic heterocycles. The first kappa shape index (κ1) is 13.5. The Labute approximate surface area is 113 Å². The van der Waals surface area contributed by atoms with Crippen LogP contribution in [0.2, 0.25) is 0 Å². The number of unbranched alkanes of at least 4 members (excludes halogenated alkanes) is 1. The molecule has 100 valence electrons. The number of hydrogen-bond donors (Lipinski definition) is 0. The Morgan fingerprint density at radius 3 is 2.83 bits per heavy atom. The third-order valence-corrected chi connectivity index (χ3v) is 3.94. The highest BCUT2D eigenvalue weighted by Crippen LogP contribution is 2.23. The van der Waals surface area contributed by atoms with Gasteiger partial charge in [-0.2, -0.15) is 0 Å². The van der Waals surface area contributed by atoms with Gasteiger partial charge >= 0.3 is 0 Å². The maximum atomic E-state index is 12.4. The Kier molecular flexibility index (Phi) is 5.13. The molecule has 4 nitrogen and oxygen atoms in total. The number of carbonyl (C=O) groups excluding carboxylic acids is 1. The average molecular weight is 267 g/mol. The zero-order valence-corrected chi connectivity index (χ0v) is 11.8. The van der Waals surface area contributed by atoms with Crippen LogP contribution >= 0.6 is 11.3 Å². The van der Waals surface area contributed by atoms with Crippen molar-refractivity contribution in [3.8, 4) is 0 Å². The van der Waals surface area contributed by atoms with Gasteiger partial charge in [-0.1, -0.05) is 19.8 Å². The third kappa shape index (κ3) is 3.29. The van der Waals surface area contributed by atoms with Crippen LogP contribution in [0, 0.1) is 0 Å². The van der Waals surface area contributed by atoms with Crippen molar-refractivity contribution in [1.82, 2.24) is 9.99 Å². The average Bonchev–Trinajstić information content (AvgIpc) is 2.92. The van der Waals surface area contributed by atoms with E-state index in [2.05, 4.69) is 16.9 Å². The van der Waals surface area contributed by atoms with E-state index in [1.54, 1.807) is 6.20 Å². The summed E-state index contributed by atoms with van der Waals surface area (Å²) in [5.41, 5.74) is 0. The number of piperidine rings is 1. The van der Waals surface area contributed by atoms with Gasteiger partial charge in [-0.15, -0.1) is 11.3 Å². The van der Waals surface area contributed by atoms with Crippen molar-refractivity contribution in [2.75, 3.05) is 18.1 Å². The number of amides is 1. The van der Waals surface area contributed by atoms with Crippen LogP contribution in [0.3, 0.4) is 0 Å². The molecule has 0 unspecified atom stereocenters. The van der Waals surface area contributed by atoms with Gasteiger partial charge in [-0.05, 0) is 19.3 Å². The summed E-state index contributed by atoms with van der Waals surface area (Å²) in [5, 5.41) is 6.73. The van der Waals surface area contributed by atoms with Crippen molar-refractivity contribution in [2.24, 2.45) is 0 Å². The number of hydrazine groups is 1. The van der Waals surface area contributed by atoms with Crippen molar-refractivity contribution >= 4 is 22.4 Å². The van der Waals surface area contributed by atoms with Crippen LogP contribution in [0.1, 0.15) is 45.4 Å². The fourth-order valence-electron chi connectivity index (χ4n) is 2.22. The van der Waals surface area contributed by atoms with E-state index in [4.69, 9.17) is 0 Å². The Morgan fingerprint density at radius 1 is 1.44 bits per heavy atom. The van der Waals surface area contributed by atoms with Gasteiger partial charge in [0, 0.05) is 31.1 Å².